The highest BCUT2D eigenvalue weighted by atomic mass is 35.5. The first-order valence-electron chi connectivity index (χ1n) is 3.60. The Morgan fingerprint density at radius 1 is 1.42 bits per heavy atom. The van der Waals surface area contributed by atoms with E-state index in [1.807, 2.05) is 0 Å². The quantitative estimate of drug-likeness (QED) is 0.361. The van der Waals surface area contributed by atoms with Gasteiger partial charge in [0.25, 0.3) is 0 Å². The van der Waals surface area contributed by atoms with Crippen LogP contribution in [0.3, 0.4) is 0 Å². The second-order valence-electron chi connectivity index (χ2n) is 2.73. The minimum absolute atomic E-state index is 0.0321. The van der Waals surface area contributed by atoms with Crippen LogP contribution in [0.5, 0.6) is 0 Å². The lowest BCUT2D eigenvalue weighted by Crippen LogP contribution is -2.44. The van der Waals surface area contributed by atoms with Crippen molar-refractivity contribution in [1.29, 1.82) is 0 Å². The van der Waals surface area contributed by atoms with Gasteiger partial charge in [0.15, 0.2) is 5.00 Å². The topological polar surface area (TPSA) is 15.6 Å². The highest BCUT2D eigenvalue weighted by Gasteiger charge is 2.44. The molecule has 0 bridgehead atoms. The van der Waals surface area contributed by atoms with Gasteiger partial charge in [0.2, 0.25) is 0 Å². The van der Waals surface area contributed by atoms with Gasteiger partial charge in [-0.25, -0.2) is 0 Å². The summed E-state index contributed by atoms with van der Waals surface area (Å²) in [6.07, 6.45) is 1.45. The molecule has 0 aromatic heterocycles. The minimum atomic E-state index is -2.01. The predicted molar refractivity (Wildman–Crippen MR) is 39.7 cm³/mol. The SMILES string of the molecule is FN=C1CCCCC1(Cl)N(F)F. The maximum atomic E-state index is 12.2. The van der Waals surface area contributed by atoms with Crippen LogP contribution in [0.1, 0.15) is 25.7 Å². The zero-order valence-electron chi connectivity index (χ0n) is 6.23. The molecule has 12 heavy (non-hydrogen) atoms. The average molecular weight is 201 g/mol. The van der Waals surface area contributed by atoms with E-state index in [2.05, 4.69) is 5.21 Å². The van der Waals surface area contributed by atoms with Crippen molar-refractivity contribution in [1.82, 2.24) is 5.34 Å². The Morgan fingerprint density at radius 3 is 2.50 bits per heavy atom. The molecule has 1 aliphatic rings. The number of nitrogens with zero attached hydrogens (tertiary/aromatic N) is 2. The van der Waals surface area contributed by atoms with Crippen molar-refractivity contribution in [2.24, 2.45) is 5.21 Å². The first-order chi connectivity index (χ1) is 5.61. The van der Waals surface area contributed by atoms with Gasteiger partial charge < -0.3 is 0 Å². The third kappa shape index (κ3) is 1.56. The van der Waals surface area contributed by atoms with Gasteiger partial charge >= 0.3 is 0 Å². The second-order valence-corrected chi connectivity index (χ2v) is 3.36. The van der Waals surface area contributed by atoms with Crippen molar-refractivity contribution < 1.29 is 13.4 Å². The Kier molecular flexibility index (Phi) is 2.95. The van der Waals surface area contributed by atoms with E-state index in [9.17, 15) is 13.4 Å². The van der Waals surface area contributed by atoms with Crippen molar-refractivity contribution in [2.75, 3.05) is 0 Å². The molecule has 0 N–H and O–H groups in total. The minimum Gasteiger partial charge on any atom is -0.0992 e. The van der Waals surface area contributed by atoms with Crippen molar-refractivity contribution >= 4 is 17.3 Å². The molecule has 2 nitrogen and oxygen atoms in total. The number of alkyl halides is 1. The smallest absolute Gasteiger partial charge is 0.0992 e. The highest BCUT2D eigenvalue weighted by molar-refractivity contribution is 6.35. The van der Waals surface area contributed by atoms with E-state index in [4.69, 9.17) is 11.6 Å². The molecule has 1 atom stereocenters. The molecule has 6 heteroatoms. The van der Waals surface area contributed by atoms with E-state index in [0.29, 0.717) is 12.8 Å². The summed E-state index contributed by atoms with van der Waals surface area (Å²) in [6.45, 7) is 0. The first kappa shape index (κ1) is 9.80. The first-order valence-corrected chi connectivity index (χ1v) is 3.98. The fraction of sp³-hybridized carbons (Fsp3) is 0.833. The summed E-state index contributed by atoms with van der Waals surface area (Å²) in [7, 11) is 0. The van der Waals surface area contributed by atoms with E-state index in [1.165, 1.54) is 0 Å². The van der Waals surface area contributed by atoms with Crippen LogP contribution in [0.25, 0.3) is 0 Å². The highest BCUT2D eigenvalue weighted by Crippen LogP contribution is 2.36. The fourth-order valence-corrected chi connectivity index (χ4v) is 1.54. The van der Waals surface area contributed by atoms with Gasteiger partial charge in [-0.3, -0.25) is 0 Å². The molecule has 0 amide bonds. The van der Waals surface area contributed by atoms with Crippen LogP contribution < -0.4 is 0 Å². The van der Waals surface area contributed by atoms with Crippen LogP contribution in [0.15, 0.2) is 5.21 Å². The van der Waals surface area contributed by atoms with Gasteiger partial charge in [-0.2, -0.15) is 0 Å². The lowest BCUT2D eigenvalue weighted by molar-refractivity contribution is -0.187. The monoisotopic (exact) mass is 200 g/mol. The number of rotatable bonds is 1. The van der Waals surface area contributed by atoms with Crippen LogP contribution in [0, 0.1) is 0 Å². The number of halogens is 4. The van der Waals surface area contributed by atoms with Crippen molar-refractivity contribution in [2.45, 2.75) is 30.7 Å². The van der Waals surface area contributed by atoms with Crippen LogP contribution in [-0.4, -0.2) is 16.1 Å². The lowest BCUT2D eigenvalue weighted by atomic mass is 9.93. The van der Waals surface area contributed by atoms with Gasteiger partial charge in [0.1, 0.15) is 0 Å². The van der Waals surface area contributed by atoms with Crippen LogP contribution in [0.4, 0.5) is 13.4 Å². The molecule has 0 aromatic carbocycles. The Balaban J connectivity index is 2.83. The van der Waals surface area contributed by atoms with Gasteiger partial charge in [-0.05, 0) is 25.7 Å². The lowest BCUT2D eigenvalue weighted by Gasteiger charge is -2.30. The summed E-state index contributed by atoms with van der Waals surface area (Å²) in [5.74, 6) is 0. The molecule has 1 aliphatic carbocycles. The molecule has 0 heterocycles. The Labute approximate surface area is 72.8 Å². The summed E-state index contributed by atoms with van der Waals surface area (Å²) in [6, 6.07) is 0. The summed E-state index contributed by atoms with van der Waals surface area (Å²) >= 11 is 5.48. The Bertz CT molecular complexity index is 197. The molecular formula is C6H8ClF3N2. The van der Waals surface area contributed by atoms with Gasteiger partial charge in [-0.1, -0.05) is 30.3 Å². The van der Waals surface area contributed by atoms with E-state index >= 15 is 0 Å². The molecule has 1 fully saturated rings. The zero-order valence-corrected chi connectivity index (χ0v) is 6.99. The molecule has 0 saturated heterocycles. The predicted octanol–water partition coefficient (Wildman–Crippen LogP) is 2.89. The molecule has 0 aromatic rings. The molecule has 70 valence electrons. The average Bonchev–Trinajstić information content (AvgIpc) is 2.05. The van der Waals surface area contributed by atoms with Gasteiger partial charge in [0.05, 0.1) is 5.71 Å². The van der Waals surface area contributed by atoms with Crippen LogP contribution >= 0.6 is 11.6 Å². The maximum Gasteiger partial charge on any atom is 0.197 e. The molecule has 1 saturated carbocycles. The summed E-state index contributed by atoms with van der Waals surface area (Å²) < 4.78 is 36.3. The Morgan fingerprint density at radius 2 is 2.08 bits per heavy atom. The molecule has 1 rings (SSSR count). The van der Waals surface area contributed by atoms with Gasteiger partial charge in [-0.15, -0.1) is 0 Å². The Hall–Kier alpha value is -0.290. The standard InChI is InChI=1S/C6H8ClF3N2/c7-6(12(9)10)4-2-1-3-5(6)11-8/h1-4H2. The number of hydrogen-bond donors (Lipinski definition) is 0. The summed E-state index contributed by atoms with van der Waals surface area (Å²) in [5.41, 5.74) is -0.277. The van der Waals surface area contributed by atoms with Gasteiger partial charge in [0, 0.05) is 5.34 Å². The molecule has 0 aliphatic heterocycles. The van der Waals surface area contributed by atoms with Crippen molar-refractivity contribution in [3.63, 3.8) is 0 Å². The number of hydrogen-bond acceptors (Lipinski definition) is 2. The third-order valence-electron chi connectivity index (χ3n) is 1.98. The molecule has 0 spiro atoms. The summed E-state index contributed by atoms with van der Waals surface area (Å²) in [5, 5.41) is 1.11. The summed E-state index contributed by atoms with van der Waals surface area (Å²) in [4.78, 5) is -2.01. The normalized spacial score (nSPS) is 34.6. The van der Waals surface area contributed by atoms with Crippen molar-refractivity contribution in [3.05, 3.63) is 0 Å². The molecule has 0 radical (unpaired) electrons. The maximum absolute atomic E-state index is 12.2. The van der Waals surface area contributed by atoms with E-state index < -0.39 is 10.3 Å². The fourth-order valence-electron chi connectivity index (χ4n) is 1.28. The van der Waals surface area contributed by atoms with Crippen LogP contribution in [0.2, 0.25) is 0 Å². The van der Waals surface area contributed by atoms with Crippen molar-refractivity contribution in [3.8, 4) is 0 Å². The van der Waals surface area contributed by atoms with E-state index in [-0.39, 0.29) is 18.6 Å². The second kappa shape index (κ2) is 3.62. The largest absolute Gasteiger partial charge is 0.197 e. The van der Waals surface area contributed by atoms with Crippen LogP contribution in [-0.2, 0) is 0 Å². The zero-order chi connectivity index (χ0) is 9.19. The molecule has 1 unspecified atom stereocenters. The van der Waals surface area contributed by atoms with E-state index in [1.54, 1.807) is 0 Å². The molecular weight excluding hydrogens is 193 g/mol. The third-order valence-corrected chi connectivity index (χ3v) is 2.52. The van der Waals surface area contributed by atoms with E-state index in [0.717, 1.165) is 0 Å².